The van der Waals surface area contributed by atoms with Gasteiger partial charge >= 0.3 is 0 Å². The molecule has 0 spiro atoms. The first-order valence-corrected chi connectivity index (χ1v) is 14.5. The molecule has 8 heteroatoms. The van der Waals surface area contributed by atoms with Crippen molar-refractivity contribution in [3.05, 3.63) is 81.1 Å². The second-order valence-electron chi connectivity index (χ2n) is 10.4. The Balaban J connectivity index is 1.65. The molecule has 210 valence electrons. The summed E-state index contributed by atoms with van der Waals surface area (Å²) in [5.41, 5.74) is 14.6. The number of unbranched alkanes of at least 4 members (excludes halogenated alkanes) is 2. The first-order valence-electron chi connectivity index (χ1n) is 14.5. The smallest absolute Gasteiger partial charge is 0.197 e. The normalized spacial score (nSPS) is 11.8. The Hall–Kier alpha value is -3.56. The van der Waals surface area contributed by atoms with Crippen molar-refractivity contribution in [2.24, 2.45) is 11.5 Å². The summed E-state index contributed by atoms with van der Waals surface area (Å²) in [6.07, 6.45) is 3.87. The van der Waals surface area contributed by atoms with Gasteiger partial charge in [-0.05, 0) is 75.2 Å². The highest BCUT2D eigenvalue weighted by Crippen LogP contribution is 2.27. The van der Waals surface area contributed by atoms with Gasteiger partial charge in [-0.25, -0.2) is 0 Å². The second-order valence-corrected chi connectivity index (χ2v) is 10.4. The van der Waals surface area contributed by atoms with Gasteiger partial charge in [0, 0.05) is 60.8 Å². The molecule has 0 unspecified atom stereocenters. The number of benzene rings is 3. The van der Waals surface area contributed by atoms with Crippen LogP contribution in [-0.2, 0) is 13.1 Å². The van der Waals surface area contributed by atoms with Gasteiger partial charge in [0.05, 0.1) is 22.1 Å². The minimum atomic E-state index is 0.00602. The molecule has 40 heavy (non-hydrogen) atoms. The average molecular weight is 541 g/mol. The lowest BCUT2D eigenvalue weighted by Gasteiger charge is -2.19. The number of nitrogens with zero attached hydrogens (tertiary/aromatic N) is 2. The van der Waals surface area contributed by atoms with Gasteiger partial charge in [-0.15, -0.1) is 0 Å². The maximum Gasteiger partial charge on any atom is 0.197 e. The van der Waals surface area contributed by atoms with E-state index in [2.05, 4.69) is 19.8 Å². The molecule has 0 saturated heterocycles. The summed E-state index contributed by atoms with van der Waals surface area (Å²) in [4.78, 5) is 27.6. The standard InChI is InChI=1S/C32H40N6O2/c33-13-17-35-15-5-7-19-37-27-11-3-1-9-23(27)31(39)25-21-30-26(22-29(25)37)32(40)24-10-2-4-12-28(24)38(30)20-8-6-16-36-18-14-34/h1-4,9-12,21-22,35-36H,5-8,13-20,33-34H2. The Morgan fingerprint density at radius 1 is 0.525 bits per heavy atom. The highest BCUT2D eigenvalue weighted by molar-refractivity contribution is 6.03. The molecule has 0 atom stereocenters. The van der Waals surface area contributed by atoms with Crippen LogP contribution in [0, 0.1) is 0 Å². The Morgan fingerprint density at radius 3 is 1.38 bits per heavy atom. The van der Waals surface area contributed by atoms with E-state index >= 15 is 0 Å². The van der Waals surface area contributed by atoms with Crippen molar-refractivity contribution in [2.75, 3.05) is 39.3 Å². The number of rotatable bonds is 14. The summed E-state index contributed by atoms with van der Waals surface area (Å²) in [6.45, 7) is 6.16. The summed E-state index contributed by atoms with van der Waals surface area (Å²) in [5, 5.41) is 9.42. The number of fused-ring (bicyclic) bond motifs is 4. The zero-order valence-corrected chi connectivity index (χ0v) is 23.1. The zero-order valence-electron chi connectivity index (χ0n) is 23.1. The van der Waals surface area contributed by atoms with Crippen LogP contribution >= 0.6 is 0 Å². The molecule has 0 saturated carbocycles. The Labute approximate surface area is 233 Å². The third kappa shape index (κ3) is 5.67. The largest absolute Gasteiger partial charge is 0.340 e. The zero-order chi connectivity index (χ0) is 27.9. The quantitative estimate of drug-likeness (QED) is 0.127. The summed E-state index contributed by atoms with van der Waals surface area (Å²) >= 11 is 0. The van der Waals surface area contributed by atoms with E-state index in [1.807, 2.05) is 60.7 Å². The third-order valence-electron chi connectivity index (χ3n) is 7.68. The molecular weight excluding hydrogens is 500 g/mol. The lowest BCUT2D eigenvalue weighted by Crippen LogP contribution is -2.23. The van der Waals surface area contributed by atoms with Crippen LogP contribution in [0.3, 0.4) is 0 Å². The molecular formula is C32H40N6O2. The van der Waals surface area contributed by atoms with Crippen LogP contribution in [0.15, 0.2) is 70.3 Å². The second kappa shape index (κ2) is 13.2. The molecule has 0 amide bonds. The number of para-hydroxylation sites is 2. The van der Waals surface area contributed by atoms with Crippen molar-refractivity contribution in [3.63, 3.8) is 0 Å². The van der Waals surface area contributed by atoms with Crippen LogP contribution < -0.4 is 33.0 Å². The van der Waals surface area contributed by atoms with Gasteiger partial charge in [0.15, 0.2) is 10.9 Å². The summed E-state index contributed by atoms with van der Waals surface area (Å²) in [5.74, 6) is 0. The SMILES string of the molecule is NCCNCCCCn1c2ccccc2c(=O)c2cc3c(cc21)c(=O)c1ccccc1n3CCCCNCCN. The van der Waals surface area contributed by atoms with E-state index in [0.29, 0.717) is 34.6 Å². The van der Waals surface area contributed by atoms with E-state index < -0.39 is 0 Å². The molecule has 0 fully saturated rings. The van der Waals surface area contributed by atoms with E-state index in [-0.39, 0.29) is 10.9 Å². The number of aryl methyl sites for hydroxylation is 2. The highest BCUT2D eigenvalue weighted by Gasteiger charge is 2.16. The highest BCUT2D eigenvalue weighted by atomic mass is 16.1. The summed E-state index contributed by atoms with van der Waals surface area (Å²) in [7, 11) is 0. The summed E-state index contributed by atoms with van der Waals surface area (Å²) in [6, 6.07) is 19.5. The molecule has 2 heterocycles. The molecule has 2 aromatic heterocycles. The first kappa shape index (κ1) is 28.0. The van der Waals surface area contributed by atoms with Crippen molar-refractivity contribution in [1.29, 1.82) is 0 Å². The van der Waals surface area contributed by atoms with Crippen molar-refractivity contribution in [3.8, 4) is 0 Å². The molecule has 0 aliphatic rings. The van der Waals surface area contributed by atoms with Gasteiger partial charge < -0.3 is 31.2 Å². The number of aromatic nitrogens is 2. The molecule has 5 aromatic rings. The van der Waals surface area contributed by atoms with E-state index in [1.165, 1.54) is 0 Å². The lowest BCUT2D eigenvalue weighted by atomic mass is 10.0. The van der Waals surface area contributed by atoms with Gasteiger partial charge in [0.25, 0.3) is 0 Å². The van der Waals surface area contributed by atoms with E-state index in [0.717, 1.165) is 87.0 Å². The predicted octanol–water partition coefficient (Wildman–Crippen LogP) is 3.28. The van der Waals surface area contributed by atoms with E-state index in [1.54, 1.807) is 0 Å². The van der Waals surface area contributed by atoms with Crippen LogP contribution in [0.5, 0.6) is 0 Å². The van der Waals surface area contributed by atoms with E-state index in [9.17, 15) is 9.59 Å². The third-order valence-corrected chi connectivity index (χ3v) is 7.68. The van der Waals surface area contributed by atoms with Gasteiger partial charge in [-0.1, -0.05) is 24.3 Å². The maximum atomic E-state index is 13.8. The van der Waals surface area contributed by atoms with Crippen molar-refractivity contribution >= 4 is 43.6 Å². The van der Waals surface area contributed by atoms with Crippen molar-refractivity contribution in [1.82, 2.24) is 19.8 Å². The predicted molar refractivity (Wildman–Crippen MR) is 167 cm³/mol. The Kier molecular flexibility index (Phi) is 9.23. The fourth-order valence-electron chi connectivity index (χ4n) is 5.71. The molecule has 0 aliphatic carbocycles. The molecule has 0 bridgehead atoms. The fourth-order valence-corrected chi connectivity index (χ4v) is 5.71. The number of pyridine rings is 2. The lowest BCUT2D eigenvalue weighted by molar-refractivity contribution is 0.584. The molecule has 8 nitrogen and oxygen atoms in total. The maximum absolute atomic E-state index is 13.8. The van der Waals surface area contributed by atoms with Crippen LogP contribution in [0.1, 0.15) is 25.7 Å². The van der Waals surface area contributed by atoms with Crippen LogP contribution in [0.2, 0.25) is 0 Å². The molecule has 5 rings (SSSR count). The number of hydrogen-bond acceptors (Lipinski definition) is 6. The van der Waals surface area contributed by atoms with Crippen LogP contribution in [-0.4, -0.2) is 48.4 Å². The van der Waals surface area contributed by atoms with E-state index in [4.69, 9.17) is 11.5 Å². The summed E-state index contributed by atoms with van der Waals surface area (Å²) < 4.78 is 4.44. The first-order chi connectivity index (χ1) is 19.7. The van der Waals surface area contributed by atoms with Crippen LogP contribution in [0.4, 0.5) is 0 Å². The van der Waals surface area contributed by atoms with Gasteiger partial charge in [-0.2, -0.15) is 0 Å². The van der Waals surface area contributed by atoms with Crippen molar-refractivity contribution in [2.45, 2.75) is 38.8 Å². The number of nitrogens with one attached hydrogen (secondary N) is 2. The topological polar surface area (TPSA) is 120 Å². The number of nitrogens with two attached hydrogens (primary N) is 2. The minimum Gasteiger partial charge on any atom is -0.340 e. The van der Waals surface area contributed by atoms with Gasteiger partial charge in [0.1, 0.15) is 0 Å². The number of hydrogen-bond donors (Lipinski definition) is 4. The molecule has 0 aliphatic heterocycles. The average Bonchev–Trinajstić information content (AvgIpc) is 2.99. The molecule has 3 aromatic carbocycles. The minimum absolute atomic E-state index is 0.00602. The van der Waals surface area contributed by atoms with Crippen LogP contribution in [0.25, 0.3) is 43.6 Å². The Bertz CT molecular complexity index is 1610. The Morgan fingerprint density at radius 2 is 0.950 bits per heavy atom. The van der Waals surface area contributed by atoms with Crippen molar-refractivity contribution < 1.29 is 0 Å². The van der Waals surface area contributed by atoms with Gasteiger partial charge in [-0.3, -0.25) is 9.59 Å². The van der Waals surface area contributed by atoms with Gasteiger partial charge in [0.2, 0.25) is 0 Å². The molecule has 0 radical (unpaired) electrons. The molecule has 6 N–H and O–H groups in total. The fraction of sp³-hybridized carbons (Fsp3) is 0.375. The monoisotopic (exact) mass is 540 g/mol.